The van der Waals surface area contributed by atoms with Crippen LogP contribution in [0.3, 0.4) is 0 Å². The van der Waals surface area contributed by atoms with Crippen molar-refractivity contribution in [2.24, 2.45) is 0 Å². The molecule has 1 aliphatic rings. The zero-order valence-corrected chi connectivity index (χ0v) is 13.0. The molecule has 0 bridgehead atoms. The third-order valence-corrected chi connectivity index (χ3v) is 4.25. The maximum Gasteiger partial charge on any atom is 0.241 e. The van der Waals surface area contributed by atoms with Crippen LogP contribution in [0.5, 0.6) is 0 Å². The number of nitrogens with one attached hydrogen (secondary N) is 2. The number of halogens is 2. The first-order chi connectivity index (χ1) is 8.16. The van der Waals surface area contributed by atoms with Gasteiger partial charge in [0.05, 0.1) is 11.7 Å². The minimum absolute atomic E-state index is 0.0430. The summed E-state index contributed by atoms with van der Waals surface area (Å²) in [5.74, 6) is 0.0701. The quantitative estimate of drug-likeness (QED) is 0.738. The van der Waals surface area contributed by atoms with Crippen LogP contribution in [0.25, 0.3) is 0 Å². The van der Waals surface area contributed by atoms with Gasteiger partial charge >= 0.3 is 0 Å². The molecule has 0 aliphatic carbocycles. The molecule has 1 atom stereocenters. The maximum absolute atomic E-state index is 12.0. The van der Waals surface area contributed by atoms with Crippen molar-refractivity contribution in [2.75, 3.05) is 11.9 Å². The molecule has 0 saturated carbocycles. The Hall–Kier alpha value is -0.140. The van der Waals surface area contributed by atoms with Gasteiger partial charge in [-0.3, -0.25) is 4.79 Å². The van der Waals surface area contributed by atoms with Crippen molar-refractivity contribution < 1.29 is 4.79 Å². The Morgan fingerprint density at radius 2 is 2.29 bits per heavy atom. The van der Waals surface area contributed by atoms with E-state index in [1.54, 1.807) is 0 Å². The molecule has 3 nitrogen and oxygen atoms in total. The van der Waals surface area contributed by atoms with E-state index in [2.05, 4.69) is 49.2 Å². The van der Waals surface area contributed by atoms with Crippen molar-refractivity contribution in [3.8, 4) is 0 Å². The van der Waals surface area contributed by atoms with Gasteiger partial charge in [-0.2, -0.15) is 0 Å². The highest BCUT2D eigenvalue weighted by atomic mass is 127. The Morgan fingerprint density at radius 1 is 1.47 bits per heavy atom. The lowest BCUT2D eigenvalue weighted by Gasteiger charge is -2.22. The van der Waals surface area contributed by atoms with Gasteiger partial charge < -0.3 is 10.6 Å². The molecule has 1 fully saturated rings. The molecule has 1 aromatic rings. The molecule has 2 rings (SSSR count). The highest BCUT2D eigenvalue weighted by Crippen LogP contribution is 2.23. The topological polar surface area (TPSA) is 41.1 Å². The zero-order valence-electron chi connectivity index (χ0n) is 9.30. The molecule has 1 heterocycles. The molecule has 0 aromatic heterocycles. The second kappa shape index (κ2) is 6.15. The van der Waals surface area contributed by atoms with Crippen molar-refractivity contribution in [3.63, 3.8) is 0 Å². The molecule has 1 saturated heterocycles. The summed E-state index contributed by atoms with van der Waals surface area (Å²) in [4.78, 5) is 12.0. The second-order valence-electron chi connectivity index (χ2n) is 4.12. The summed E-state index contributed by atoms with van der Waals surface area (Å²) in [7, 11) is 0. The van der Waals surface area contributed by atoms with E-state index in [1.165, 1.54) is 0 Å². The monoisotopic (exact) mass is 408 g/mol. The minimum Gasteiger partial charge on any atom is -0.324 e. The first-order valence-corrected chi connectivity index (χ1v) is 7.53. The predicted molar refractivity (Wildman–Crippen MR) is 81.1 cm³/mol. The molecule has 5 heteroatoms. The SMILES string of the molecule is O=C(Nc1cc(Br)ccc1I)[C@H]1CCCCN1. The smallest absolute Gasteiger partial charge is 0.241 e. The first kappa shape index (κ1) is 13.3. The van der Waals surface area contributed by atoms with Crippen LogP contribution in [-0.2, 0) is 4.79 Å². The number of carbonyl (C=O) groups is 1. The molecule has 2 N–H and O–H groups in total. The van der Waals surface area contributed by atoms with Gasteiger partial charge in [0.2, 0.25) is 5.91 Å². The number of carbonyl (C=O) groups excluding carboxylic acids is 1. The lowest BCUT2D eigenvalue weighted by atomic mass is 10.0. The fourth-order valence-electron chi connectivity index (χ4n) is 1.89. The van der Waals surface area contributed by atoms with Gasteiger partial charge in [0.15, 0.2) is 0 Å². The molecule has 17 heavy (non-hydrogen) atoms. The first-order valence-electron chi connectivity index (χ1n) is 5.66. The van der Waals surface area contributed by atoms with E-state index in [1.807, 2.05) is 18.2 Å². The average molecular weight is 409 g/mol. The molecule has 1 aromatic carbocycles. The van der Waals surface area contributed by atoms with Gasteiger partial charge in [0.1, 0.15) is 0 Å². The number of hydrogen-bond donors (Lipinski definition) is 2. The number of benzene rings is 1. The van der Waals surface area contributed by atoms with Crippen LogP contribution >= 0.6 is 38.5 Å². The van der Waals surface area contributed by atoms with Crippen LogP contribution in [0.15, 0.2) is 22.7 Å². The molecule has 0 spiro atoms. The number of hydrogen-bond acceptors (Lipinski definition) is 2. The Balaban J connectivity index is 2.04. The predicted octanol–water partition coefficient (Wildman–Crippen LogP) is 3.13. The molecular weight excluding hydrogens is 395 g/mol. The van der Waals surface area contributed by atoms with Gasteiger partial charge in [0.25, 0.3) is 0 Å². The van der Waals surface area contributed by atoms with Crippen molar-refractivity contribution in [2.45, 2.75) is 25.3 Å². The van der Waals surface area contributed by atoms with Crippen molar-refractivity contribution in [1.82, 2.24) is 5.32 Å². The number of rotatable bonds is 2. The highest BCUT2D eigenvalue weighted by molar-refractivity contribution is 14.1. The Kier molecular flexibility index (Phi) is 4.81. The largest absolute Gasteiger partial charge is 0.324 e. The van der Waals surface area contributed by atoms with E-state index in [-0.39, 0.29) is 11.9 Å². The van der Waals surface area contributed by atoms with Crippen LogP contribution in [-0.4, -0.2) is 18.5 Å². The third kappa shape index (κ3) is 3.66. The summed E-state index contributed by atoms with van der Waals surface area (Å²) < 4.78 is 2.03. The summed E-state index contributed by atoms with van der Waals surface area (Å²) in [6, 6.07) is 5.84. The van der Waals surface area contributed by atoms with Gasteiger partial charge in [-0.15, -0.1) is 0 Å². The number of anilines is 1. The van der Waals surface area contributed by atoms with E-state index in [0.29, 0.717) is 0 Å². The van der Waals surface area contributed by atoms with Gasteiger partial charge in [-0.25, -0.2) is 0 Å². The fourth-order valence-corrected chi connectivity index (χ4v) is 2.72. The van der Waals surface area contributed by atoms with Gasteiger partial charge in [0, 0.05) is 8.04 Å². The lowest BCUT2D eigenvalue weighted by Crippen LogP contribution is -2.43. The van der Waals surface area contributed by atoms with Crippen LogP contribution < -0.4 is 10.6 Å². The number of piperidine rings is 1. The summed E-state index contributed by atoms with van der Waals surface area (Å²) in [6.07, 6.45) is 3.22. The van der Waals surface area contributed by atoms with Crippen LogP contribution in [0, 0.1) is 3.57 Å². The Morgan fingerprint density at radius 3 is 3.00 bits per heavy atom. The minimum atomic E-state index is -0.0430. The molecule has 1 amide bonds. The van der Waals surface area contributed by atoms with Crippen molar-refractivity contribution in [3.05, 3.63) is 26.2 Å². The van der Waals surface area contributed by atoms with E-state index in [9.17, 15) is 4.79 Å². The summed E-state index contributed by atoms with van der Waals surface area (Å²) in [6.45, 7) is 0.938. The fraction of sp³-hybridized carbons (Fsp3) is 0.417. The number of amides is 1. The van der Waals surface area contributed by atoms with Gasteiger partial charge in [-0.1, -0.05) is 22.4 Å². The zero-order chi connectivity index (χ0) is 12.3. The molecule has 1 aliphatic heterocycles. The summed E-state index contributed by atoms with van der Waals surface area (Å²) in [5, 5.41) is 6.23. The van der Waals surface area contributed by atoms with E-state index < -0.39 is 0 Å². The normalized spacial score (nSPS) is 20.0. The van der Waals surface area contributed by atoms with Crippen LogP contribution in [0.4, 0.5) is 5.69 Å². The van der Waals surface area contributed by atoms with Crippen LogP contribution in [0.1, 0.15) is 19.3 Å². The second-order valence-corrected chi connectivity index (χ2v) is 6.19. The standard InChI is InChI=1S/C12H14BrIN2O/c13-8-4-5-9(14)11(7-8)16-12(17)10-3-1-2-6-15-10/h4-5,7,10,15H,1-3,6H2,(H,16,17)/t10-/m1/s1. The molecule has 0 radical (unpaired) electrons. The van der Waals surface area contributed by atoms with E-state index in [0.717, 1.165) is 39.5 Å². The Labute approximate surface area is 123 Å². The average Bonchev–Trinajstić information content (AvgIpc) is 2.35. The third-order valence-electron chi connectivity index (χ3n) is 2.81. The Bertz CT molecular complexity index is 419. The summed E-state index contributed by atoms with van der Waals surface area (Å²) >= 11 is 5.64. The van der Waals surface area contributed by atoms with E-state index >= 15 is 0 Å². The molecule has 0 unspecified atom stereocenters. The molecule has 92 valence electrons. The van der Waals surface area contributed by atoms with Gasteiger partial charge in [-0.05, 0) is 60.2 Å². The maximum atomic E-state index is 12.0. The highest BCUT2D eigenvalue weighted by Gasteiger charge is 2.20. The van der Waals surface area contributed by atoms with Crippen molar-refractivity contribution in [1.29, 1.82) is 0 Å². The van der Waals surface area contributed by atoms with Crippen molar-refractivity contribution >= 4 is 50.1 Å². The molecular formula is C12H14BrIN2O. The van der Waals surface area contributed by atoms with E-state index in [4.69, 9.17) is 0 Å². The van der Waals surface area contributed by atoms with Crippen LogP contribution in [0.2, 0.25) is 0 Å². The summed E-state index contributed by atoms with van der Waals surface area (Å²) in [5.41, 5.74) is 0.873. The lowest BCUT2D eigenvalue weighted by molar-refractivity contribution is -0.118.